The summed E-state index contributed by atoms with van der Waals surface area (Å²) in [6.45, 7) is 0.381. The van der Waals surface area contributed by atoms with Gasteiger partial charge in [0.2, 0.25) is 0 Å². The van der Waals surface area contributed by atoms with Gasteiger partial charge in [-0.25, -0.2) is 15.0 Å². The molecule has 21 heavy (non-hydrogen) atoms. The Morgan fingerprint density at radius 2 is 2.19 bits per heavy atom. The molecule has 0 saturated heterocycles. The number of imidazole rings is 1. The molecular weight excluding hydrogens is 301 g/mol. The molecule has 0 saturated carbocycles. The fourth-order valence-electron chi connectivity index (χ4n) is 1.75. The first-order valence-electron chi connectivity index (χ1n) is 5.97. The van der Waals surface area contributed by atoms with Crippen LogP contribution in [-0.4, -0.2) is 55.5 Å². The largest absolute Gasteiger partial charge is 0.382 e. The highest BCUT2D eigenvalue weighted by atomic mass is 31.2. The number of methoxy groups -OCH3 is 1. The zero-order valence-corrected chi connectivity index (χ0v) is 12.2. The lowest BCUT2D eigenvalue weighted by atomic mass is 10.3. The quantitative estimate of drug-likeness (QED) is 0.579. The molecule has 2 heterocycles. The smallest absolute Gasteiger partial charge is 0.350 e. The molecular formula is C10H16N5O5P. The van der Waals surface area contributed by atoms with E-state index in [2.05, 4.69) is 15.0 Å². The Bertz CT molecular complexity index is 656. The average molecular weight is 317 g/mol. The van der Waals surface area contributed by atoms with E-state index in [0.29, 0.717) is 17.7 Å². The lowest BCUT2D eigenvalue weighted by Gasteiger charge is -2.16. The van der Waals surface area contributed by atoms with Gasteiger partial charge in [-0.1, -0.05) is 0 Å². The van der Waals surface area contributed by atoms with E-state index in [-0.39, 0.29) is 12.4 Å². The van der Waals surface area contributed by atoms with Gasteiger partial charge in [0.15, 0.2) is 11.5 Å². The molecule has 0 fully saturated rings. The van der Waals surface area contributed by atoms with Crippen molar-refractivity contribution in [3.05, 3.63) is 12.7 Å². The molecule has 0 amide bonds. The molecule has 0 aliphatic heterocycles. The molecule has 116 valence electrons. The van der Waals surface area contributed by atoms with Crippen molar-refractivity contribution >= 4 is 24.6 Å². The zero-order chi connectivity index (χ0) is 15.5. The normalized spacial score (nSPS) is 13.7. The fourth-order valence-corrected chi connectivity index (χ4v) is 2.09. The molecule has 11 heteroatoms. The maximum absolute atomic E-state index is 10.7. The molecule has 0 spiro atoms. The number of hydrogen-bond donors (Lipinski definition) is 3. The van der Waals surface area contributed by atoms with Gasteiger partial charge in [-0.3, -0.25) is 4.57 Å². The molecule has 0 aliphatic rings. The summed E-state index contributed by atoms with van der Waals surface area (Å²) in [6.07, 6.45) is 1.82. The SMILES string of the molecule is COC(COCP(=O)(O)O)Cn1cnc2c(N)ncnc21. The van der Waals surface area contributed by atoms with Gasteiger partial charge in [0.05, 0.1) is 25.6 Å². The monoisotopic (exact) mass is 317 g/mol. The second kappa shape index (κ2) is 6.46. The van der Waals surface area contributed by atoms with Gasteiger partial charge in [0.25, 0.3) is 0 Å². The van der Waals surface area contributed by atoms with Crippen molar-refractivity contribution in [1.29, 1.82) is 0 Å². The molecule has 0 aromatic carbocycles. The van der Waals surface area contributed by atoms with Crippen molar-refractivity contribution in [3.63, 3.8) is 0 Å². The average Bonchev–Trinajstić information content (AvgIpc) is 2.81. The van der Waals surface area contributed by atoms with E-state index < -0.39 is 20.0 Å². The van der Waals surface area contributed by atoms with Crippen LogP contribution in [0.3, 0.4) is 0 Å². The first kappa shape index (κ1) is 15.8. The van der Waals surface area contributed by atoms with Crippen LogP contribution in [0.5, 0.6) is 0 Å². The van der Waals surface area contributed by atoms with Crippen molar-refractivity contribution in [2.24, 2.45) is 0 Å². The first-order valence-corrected chi connectivity index (χ1v) is 7.77. The molecule has 10 nitrogen and oxygen atoms in total. The Kier molecular flexibility index (Phi) is 4.86. The van der Waals surface area contributed by atoms with Gasteiger partial charge in [-0.05, 0) is 0 Å². The number of rotatable bonds is 7. The van der Waals surface area contributed by atoms with Gasteiger partial charge in [0, 0.05) is 7.11 Å². The van der Waals surface area contributed by atoms with E-state index >= 15 is 0 Å². The first-order chi connectivity index (χ1) is 9.90. The summed E-state index contributed by atoms with van der Waals surface area (Å²) in [7, 11) is -2.70. The lowest BCUT2D eigenvalue weighted by Crippen LogP contribution is -2.24. The topological polar surface area (TPSA) is 146 Å². The van der Waals surface area contributed by atoms with Gasteiger partial charge in [-0.2, -0.15) is 0 Å². The summed E-state index contributed by atoms with van der Waals surface area (Å²) in [4.78, 5) is 29.5. The molecule has 4 N–H and O–H groups in total. The van der Waals surface area contributed by atoms with Crippen molar-refractivity contribution in [2.75, 3.05) is 25.8 Å². The standard InChI is InChI=1S/C10H16N5O5P/c1-19-7(3-20-6-21(16,17)18)2-15-5-14-8-9(11)12-4-13-10(8)15/h4-5,7H,2-3,6H2,1H3,(H2,11,12,13)(H2,16,17,18). The summed E-state index contributed by atoms with van der Waals surface area (Å²) < 4.78 is 22.6. The Morgan fingerprint density at radius 3 is 2.86 bits per heavy atom. The van der Waals surface area contributed by atoms with Crippen molar-refractivity contribution in [1.82, 2.24) is 19.5 Å². The van der Waals surface area contributed by atoms with Crippen LogP contribution in [0.15, 0.2) is 12.7 Å². The van der Waals surface area contributed by atoms with Crippen molar-refractivity contribution in [2.45, 2.75) is 12.6 Å². The summed E-state index contributed by atoms with van der Waals surface area (Å²) >= 11 is 0. The Morgan fingerprint density at radius 1 is 1.43 bits per heavy atom. The molecule has 2 aromatic heterocycles. The van der Waals surface area contributed by atoms with Crippen LogP contribution >= 0.6 is 7.60 Å². The van der Waals surface area contributed by atoms with E-state index in [0.717, 1.165) is 0 Å². The van der Waals surface area contributed by atoms with Gasteiger partial charge in [0.1, 0.15) is 18.2 Å². The Balaban J connectivity index is 2.03. The van der Waals surface area contributed by atoms with Crippen LogP contribution in [-0.2, 0) is 20.6 Å². The maximum Gasteiger partial charge on any atom is 0.350 e. The third-order valence-electron chi connectivity index (χ3n) is 2.73. The number of nitrogen functional groups attached to an aromatic ring is 1. The van der Waals surface area contributed by atoms with Gasteiger partial charge < -0.3 is 29.6 Å². The van der Waals surface area contributed by atoms with E-state index in [4.69, 9.17) is 25.0 Å². The minimum atomic E-state index is -4.18. The molecule has 2 aromatic rings. The van der Waals surface area contributed by atoms with Crippen LogP contribution in [0.2, 0.25) is 0 Å². The summed E-state index contributed by atoms with van der Waals surface area (Å²) in [6, 6.07) is 0. The molecule has 1 atom stereocenters. The molecule has 0 aliphatic carbocycles. The molecule has 0 radical (unpaired) electrons. The number of nitrogens with zero attached hydrogens (tertiary/aromatic N) is 4. The lowest BCUT2D eigenvalue weighted by molar-refractivity contribution is 0.00998. The minimum Gasteiger partial charge on any atom is -0.382 e. The minimum absolute atomic E-state index is 0.0296. The van der Waals surface area contributed by atoms with Crippen LogP contribution in [0.4, 0.5) is 5.82 Å². The molecule has 0 bridgehead atoms. The van der Waals surface area contributed by atoms with E-state index in [1.54, 1.807) is 10.9 Å². The second-order valence-corrected chi connectivity index (χ2v) is 5.94. The number of aromatic nitrogens is 4. The fraction of sp³-hybridized carbons (Fsp3) is 0.500. The van der Waals surface area contributed by atoms with Gasteiger partial charge >= 0.3 is 7.60 Å². The van der Waals surface area contributed by atoms with Gasteiger partial charge in [-0.15, -0.1) is 0 Å². The highest BCUT2D eigenvalue weighted by Crippen LogP contribution is 2.33. The summed E-state index contributed by atoms with van der Waals surface area (Å²) in [5.74, 6) is 0.283. The summed E-state index contributed by atoms with van der Waals surface area (Å²) in [5.41, 5.74) is 6.74. The highest BCUT2D eigenvalue weighted by molar-refractivity contribution is 7.51. The molecule has 1 unspecified atom stereocenters. The Labute approximate surface area is 120 Å². The zero-order valence-electron chi connectivity index (χ0n) is 11.3. The third-order valence-corrected chi connectivity index (χ3v) is 3.25. The van der Waals surface area contributed by atoms with Crippen molar-refractivity contribution in [3.8, 4) is 0 Å². The third kappa shape index (κ3) is 4.19. The molecule has 2 rings (SSSR count). The number of fused-ring (bicyclic) bond motifs is 1. The second-order valence-electron chi connectivity index (χ2n) is 4.35. The number of anilines is 1. The predicted molar refractivity (Wildman–Crippen MR) is 73.4 cm³/mol. The number of ether oxygens (including phenoxy) is 2. The van der Waals surface area contributed by atoms with Crippen LogP contribution < -0.4 is 5.73 Å². The number of hydrogen-bond acceptors (Lipinski definition) is 7. The number of nitrogens with two attached hydrogens (primary N) is 1. The van der Waals surface area contributed by atoms with Crippen LogP contribution in [0.25, 0.3) is 11.2 Å². The Hall–Kier alpha value is -1.58. The van der Waals surface area contributed by atoms with E-state index in [9.17, 15) is 4.57 Å². The van der Waals surface area contributed by atoms with Crippen LogP contribution in [0.1, 0.15) is 0 Å². The van der Waals surface area contributed by atoms with Crippen molar-refractivity contribution < 1.29 is 23.8 Å². The maximum atomic E-state index is 10.7. The highest BCUT2D eigenvalue weighted by Gasteiger charge is 2.17. The van der Waals surface area contributed by atoms with E-state index in [1.165, 1.54) is 13.4 Å². The van der Waals surface area contributed by atoms with Crippen LogP contribution in [0, 0.1) is 0 Å². The van der Waals surface area contributed by atoms with E-state index in [1.807, 2.05) is 0 Å². The summed E-state index contributed by atoms with van der Waals surface area (Å²) in [5, 5.41) is 0. The predicted octanol–water partition coefficient (Wildman–Crippen LogP) is -0.425.